The first-order chi connectivity index (χ1) is 11.5. The summed E-state index contributed by atoms with van der Waals surface area (Å²) in [5.74, 6) is 0. The molecule has 1 nitrogen and oxygen atoms in total. The number of nitrogens with zero attached hydrogens (tertiary/aromatic N) is 1. The molecule has 0 fully saturated rings. The van der Waals surface area contributed by atoms with Gasteiger partial charge < -0.3 is 0 Å². The lowest BCUT2D eigenvalue weighted by Crippen LogP contribution is -2.24. The third-order valence-corrected chi connectivity index (χ3v) is 4.50. The maximum Gasteiger partial charge on any atom is 0.0681 e. The van der Waals surface area contributed by atoms with Gasteiger partial charge in [0.05, 0.1) is 11.4 Å². The summed E-state index contributed by atoms with van der Waals surface area (Å²) in [6, 6.07) is 10.9. The summed E-state index contributed by atoms with van der Waals surface area (Å²) in [7, 11) is 0. The van der Waals surface area contributed by atoms with Gasteiger partial charge in [0.15, 0.2) is 0 Å². The summed E-state index contributed by atoms with van der Waals surface area (Å²) in [6.07, 6.45) is 13.8. The molecule has 0 saturated carbocycles. The van der Waals surface area contributed by atoms with E-state index in [4.69, 9.17) is 4.99 Å². The maximum atomic E-state index is 4.88. The third kappa shape index (κ3) is 2.90. The molecule has 0 saturated heterocycles. The van der Waals surface area contributed by atoms with Crippen LogP contribution >= 0.6 is 0 Å². The van der Waals surface area contributed by atoms with Gasteiger partial charge in [0, 0.05) is 5.41 Å². The standard InChI is InChI=1S/C23H23N/c1-5-6-7-8-9-10-11-21-23(3,4)22-19-16-17(2)12-13-18(19)14-15-20(22)24-21/h5-16H,1H2,2-4H3/b7-6+,9-8+,11-10+. The van der Waals surface area contributed by atoms with Crippen molar-refractivity contribution in [3.8, 4) is 0 Å². The van der Waals surface area contributed by atoms with Crippen LogP contribution in [-0.2, 0) is 5.41 Å². The first kappa shape index (κ1) is 16.2. The van der Waals surface area contributed by atoms with E-state index >= 15 is 0 Å². The van der Waals surface area contributed by atoms with Gasteiger partial charge in [-0.1, -0.05) is 86.7 Å². The molecule has 0 aromatic heterocycles. The van der Waals surface area contributed by atoms with Crippen molar-refractivity contribution >= 4 is 22.2 Å². The van der Waals surface area contributed by atoms with Crippen LogP contribution in [-0.4, -0.2) is 5.71 Å². The highest BCUT2D eigenvalue weighted by Gasteiger charge is 2.34. The molecule has 0 bridgehead atoms. The second kappa shape index (κ2) is 6.45. The minimum absolute atomic E-state index is 0.0933. The predicted octanol–water partition coefficient (Wildman–Crippen LogP) is 6.37. The molecule has 1 aliphatic heterocycles. The summed E-state index contributed by atoms with van der Waals surface area (Å²) in [4.78, 5) is 4.88. The normalized spacial score (nSPS) is 16.4. The molecule has 3 rings (SSSR count). The summed E-state index contributed by atoms with van der Waals surface area (Å²) < 4.78 is 0. The topological polar surface area (TPSA) is 12.4 Å². The first-order valence-corrected chi connectivity index (χ1v) is 8.29. The van der Waals surface area contributed by atoms with Gasteiger partial charge in [0.2, 0.25) is 0 Å². The molecule has 1 heteroatoms. The van der Waals surface area contributed by atoms with Gasteiger partial charge in [0.1, 0.15) is 0 Å². The Morgan fingerprint density at radius 2 is 1.67 bits per heavy atom. The van der Waals surface area contributed by atoms with Crippen molar-refractivity contribution in [2.45, 2.75) is 26.2 Å². The Kier molecular flexibility index (Phi) is 4.35. The first-order valence-electron chi connectivity index (χ1n) is 8.29. The van der Waals surface area contributed by atoms with E-state index in [-0.39, 0.29) is 5.41 Å². The molecule has 0 atom stereocenters. The molecule has 0 spiro atoms. The second-order valence-corrected chi connectivity index (χ2v) is 6.67. The van der Waals surface area contributed by atoms with E-state index in [0.717, 1.165) is 11.4 Å². The number of aliphatic imine (C=N–C) groups is 1. The molecular formula is C23H23N. The Balaban J connectivity index is 1.98. The van der Waals surface area contributed by atoms with Gasteiger partial charge in [-0.3, -0.25) is 4.99 Å². The monoisotopic (exact) mass is 313 g/mol. The lowest BCUT2D eigenvalue weighted by atomic mass is 9.79. The van der Waals surface area contributed by atoms with Crippen molar-refractivity contribution in [2.75, 3.05) is 0 Å². The smallest absolute Gasteiger partial charge is 0.0681 e. The average molecular weight is 313 g/mol. The fourth-order valence-electron chi connectivity index (χ4n) is 3.23. The third-order valence-electron chi connectivity index (χ3n) is 4.50. The Morgan fingerprint density at radius 3 is 2.46 bits per heavy atom. The fourth-order valence-corrected chi connectivity index (χ4v) is 3.23. The zero-order chi connectivity index (χ0) is 17.2. The number of aryl methyl sites for hydroxylation is 1. The van der Waals surface area contributed by atoms with Crippen LogP contribution in [0.3, 0.4) is 0 Å². The van der Waals surface area contributed by atoms with Gasteiger partial charge >= 0.3 is 0 Å². The van der Waals surface area contributed by atoms with Crippen LogP contribution < -0.4 is 0 Å². The molecule has 120 valence electrons. The average Bonchev–Trinajstić information content (AvgIpc) is 2.81. The van der Waals surface area contributed by atoms with E-state index in [9.17, 15) is 0 Å². The summed E-state index contributed by atoms with van der Waals surface area (Å²) in [5.41, 5.74) is 4.72. The molecule has 1 heterocycles. The summed E-state index contributed by atoms with van der Waals surface area (Å²) in [6.45, 7) is 10.3. The molecular weight excluding hydrogens is 290 g/mol. The molecule has 0 radical (unpaired) electrons. The maximum absolute atomic E-state index is 4.88. The number of benzene rings is 2. The highest BCUT2D eigenvalue weighted by Crippen LogP contribution is 2.44. The van der Waals surface area contributed by atoms with Crippen molar-refractivity contribution in [1.82, 2.24) is 0 Å². The van der Waals surface area contributed by atoms with Crippen LogP contribution in [0, 0.1) is 6.92 Å². The molecule has 0 amide bonds. The second-order valence-electron chi connectivity index (χ2n) is 6.67. The molecule has 0 N–H and O–H groups in total. The van der Waals surface area contributed by atoms with Crippen LogP contribution in [0.4, 0.5) is 5.69 Å². The van der Waals surface area contributed by atoms with Gasteiger partial charge in [-0.25, -0.2) is 0 Å². The molecule has 0 unspecified atom stereocenters. The van der Waals surface area contributed by atoms with Crippen molar-refractivity contribution < 1.29 is 0 Å². The van der Waals surface area contributed by atoms with E-state index in [1.54, 1.807) is 6.08 Å². The molecule has 2 aromatic rings. The van der Waals surface area contributed by atoms with Gasteiger partial charge in [-0.05, 0) is 35.4 Å². The molecule has 1 aliphatic rings. The zero-order valence-electron chi connectivity index (χ0n) is 14.6. The Morgan fingerprint density at radius 1 is 0.958 bits per heavy atom. The quantitative estimate of drug-likeness (QED) is 0.582. The van der Waals surface area contributed by atoms with Crippen molar-refractivity contribution in [1.29, 1.82) is 0 Å². The van der Waals surface area contributed by atoms with E-state index in [1.807, 2.05) is 30.4 Å². The SMILES string of the molecule is C=C/C=C/C=C/C=C/C1=Nc2ccc3ccc(C)cc3c2C1(C)C. The molecule has 24 heavy (non-hydrogen) atoms. The van der Waals surface area contributed by atoms with Crippen molar-refractivity contribution in [2.24, 2.45) is 4.99 Å². The number of rotatable bonds is 4. The minimum Gasteiger partial charge on any atom is -0.252 e. The fraction of sp³-hybridized carbons (Fsp3) is 0.174. The van der Waals surface area contributed by atoms with E-state index in [2.05, 4.69) is 63.8 Å². The lowest BCUT2D eigenvalue weighted by Gasteiger charge is -2.22. The number of fused-ring (bicyclic) bond motifs is 3. The van der Waals surface area contributed by atoms with Crippen molar-refractivity contribution in [3.63, 3.8) is 0 Å². The highest BCUT2D eigenvalue weighted by atomic mass is 14.8. The Hall–Kier alpha value is -2.67. The number of hydrogen-bond donors (Lipinski definition) is 0. The van der Waals surface area contributed by atoms with E-state index in [0.29, 0.717) is 0 Å². The largest absolute Gasteiger partial charge is 0.252 e. The molecule has 2 aromatic carbocycles. The minimum atomic E-state index is -0.0933. The summed E-state index contributed by atoms with van der Waals surface area (Å²) >= 11 is 0. The predicted molar refractivity (Wildman–Crippen MR) is 106 cm³/mol. The van der Waals surface area contributed by atoms with Crippen LogP contribution in [0.2, 0.25) is 0 Å². The van der Waals surface area contributed by atoms with Crippen LogP contribution in [0.5, 0.6) is 0 Å². The zero-order valence-corrected chi connectivity index (χ0v) is 14.6. The Bertz CT molecular complexity index is 905. The lowest BCUT2D eigenvalue weighted by molar-refractivity contribution is 0.747. The molecule has 0 aliphatic carbocycles. The Labute approximate surface area is 144 Å². The van der Waals surface area contributed by atoms with Crippen molar-refractivity contribution in [3.05, 3.63) is 90.6 Å². The van der Waals surface area contributed by atoms with E-state index in [1.165, 1.54) is 21.9 Å². The summed E-state index contributed by atoms with van der Waals surface area (Å²) in [5, 5.41) is 2.59. The van der Waals surface area contributed by atoms with Crippen LogP contribution in [0.15, 0.2) is 84.4 Å². The van der Waals surface area contributed by atoms with Crippen LogP contribution in [0.1, 0.15) is 25.0 Å². The number of hydrogen-bond acceptors (Lipinski definition) is 1. The highest BCUT2D eigenvalue weighted by molar-refractivity contribution is 6.12. The van der Waals surface area contributed by atoms with Gasteiger partial charge in [-0.2, -0.15) is 0 Å². The van der Waals surface area contributed by atoms with Gasteiger partial charge in [-0.15, -0.1) is 0 Å². The van der Waals surface area contributed by atoms with Crippen LogP contribution in [0.25, 0.3) is 10.8 Å². The van der Waals surface area contributed by atoms with Gasteiger partial charge in [0.25, 0.3) is 0 Å². The number of allylic oxidation sites excluding steroid dienone is 7. The van der Waals surface area contributed by atoms with E-state index < -0.39 is 0 Å².